The highest BCUT2D eigenvalue weighted by molar-refractivity contribution is 5.92. The van der Waals surface area contributed by atoms with Crippen LogP contribution in [0.15, 0.2) is 48.5 Å². The highest BCUT2D eigenvalue weighted by Gasteiger charge is 2.12. The lowest BCUT2D eigenvalue weighted by molar-refractivity contribution is -0.116. The molecule has 2 aromatic rings. The number of hydrogen-bond acceptors (Lipinski definition) is 2. The van der Waals surface area contributed by atoms with E-state index in [0.717, 1.165) is 16.9 Å². The predicted octanol–water partition coefficient (Wildman–Crippen LogP) is 4.58. The second-order valence-corrected chi connectivity index (χ2v) is 6.25. The van der Waals surface area contributed by atoms with E-state index >= 15 is 0 Å². The van der Waals surface area contributed by atoms with E-state index in [-0.39, 0.29) is 5.91 Å². The molecular weight excluding hydrogens is 284 g/mol. The first kappa shape index (κ1) is 17.1. The van der Waals surface area contributed by atoms with Crippen molar-refractivity contribution in [3.63, 3.8) is 0 Å². The summed E-state index contributed by atoms with van der Waals surface area (Å²) >= 11 is 0. The van der Waals surface area contributed by atoms with E-state index in [1.165, 1.54) is 5.56 Å². The molecule has 0 unspecified atom stereocenters. The van der Waals surface area contributed by atoms with Crippen LogP contribution in [0.25, 0.3) is 0 Å². The Bertz CT molecular complexity index is 650. The van der Waals surface area contributed by atoms with Gasteiger partial charge in [-0.1, -0.05) is 50.2 Å². The number of aryl methyl sites for hydroxylation is 1. The molecule has 0 radical (unpaired) electrons. The Morgan fingerprint density at radius 1 is 1.09 bits per heavy atom. The average Bonchev–Trinajstić information content (AvgIpc) is 2.55. The van der Waals surface area contributed by atoms with Crippen LogP contribution < -0.4 is 10.2 Å². The fourth-order valence-electron chi connectivity index (χ4n) is 2.63. The minimum Gasteiger partial charge on any atom is -0.374 e. The lowest BCUT2D eigenvalue weighted by atomic mass is 9.98. The van der Waals surface area contributed by atoms with Crippen LogP contribution in [-0.4, -0.2) is 19.5 Å². The molecule has 122 valence electrons. The summed E-state index contributed by atoms with van der Waals surface area (Å²) in [6.45, 7) is 7.03. The molecule has 0 spiro atoms. The fourth-order valence-corrected chi connectivity index (χ4v) is 2.63. The van der Waals surface area contributed by atoms with Gasteiger partial charge in [0.2, 0.25) is 5.91 Å². The molecular formula is C20H26N2O. The zero-order valence-electron chi connectivity index (χ0n) is 14.5. The minimum absolute atomic E-state index is 0.0592. The molecule has 3 heteroatoms. The van der Waals surface area contributed by atoms with Crippen molar-refractivity contribution < 1.29 is 4.79 Å². The maximum Gasteiger partial charge on any atom is 0.226 e. The summed E-state index contributed by atoms with van der Waals surface area (Å²) in [4.78, 5) is 14.4. The molecule has 0 heterocycles. The highest BCUT2D eigenvalue weighted by atomic mass is 16.1. The van der Waals surface area contributed by atoms with E-state index in [1.54, 1.807) is 0 Å². The molecule has 0 fully saturated rings. The first-order valence-corrected chi connectivity index (χ1v) is 8.14. The van der Waals surface area contributed by atoms with Crippen molar-refractivity contribution in [3.8, 4) is 0 Å². The van der Waals surface area contributed by atoms with E-state index in [0.29, 0.717) is 18.9 Å². The van der Waals surface area contributed by atoms with Crippen LogP contribution in [0.3, 0.4) is 0 Å². The van der Waals surface area contributed by atoms with Crippen molar-refractivity contribution in [2.24, 2.45) is 0 Å². The molecule has 2 aromatic carbocycles. The SMILES string of the molecule is Cc1cccc(C(C)C)c1NC(=O)CCN(C)c1ccccc1. The van der Waals surface area contributed by atoms with Gasteiger partial charge in [-0.25, -0.2) is 0 Å². The predicted molar refractivity (Wildman–Crippen MR) is 98.2 cm³/mol. The number of rotatable bonds is 6. The molecule has 0 saturated carbocycles. The molecule has 0 aromatic heterocycles. The quantitative estimate of drug-likeness (QED) is 0.846. The van der Waals surface area contributed by atoms with Crippen molar-refractivity contribution in [2.45, 2.75) is 33.1 Å². The third-order valence-corrected chi connectivity index (χ3v) is 4.06. The van der Waals surface area contributed by atoms with Crippen molar-refractivity contribution in [3.05, 3.63) is 59.7 Å². The van der Waals surface area contributed by atoms with Gasteiger partial charge >= 0.3 is 0 Å². The summed E-state index contributed by atoms with van der Waals surface area (Å²) in [6, 6.07) is 16.3. The van der Waals surface area contributed by atoms with Crippen molar-refractivity contribution in [1.82, 2.24) is 0 Å². The van der Waals surface area contributed by atoms with E-state index < -0.39 is 0 Å². The summed E-state index contributed by atoms with van der Waals surface area (Å²) in [5, 5.41) is 3.10. The lowest BCUT2D eigenvalue weighted by Crippen LogP contribution is -2.24. The molecule has 0 bridgehead atoms. The number of benzene rings is 2. The topological polar surface area (TPSA) is 32.3 Å². The first-order valence-electron chi connectivity index (χ1n) is 8.14. The van der Waals surface area contributed by atoms with Crippen molar-refractivity contribution in [1.29, 1.82) is 0 Å². The normalized spacial score (nSPS) is 10.7. The maximum atomic E-state index is 12.3. The van der Waals surface area contributed by atoms with Crippen LogP contribution >= 0.6 is 0 Å². The number of carbonyl (C=O) groups is 1. The molecule has 1 N–H and O–H groups in total. The Hall–Kier alpha value is -2.29. The van der Waals surface area contributed by atoms with Crippen LogP contribution in [0.5, 0.6) is 0 Å². The van der Waals surface area contributed by atoms with Crippen LogP contribution in [0.4, 0.5) is 11.4 Å². The number of nitrogens with zero attached hydrogens (tertiary/aromatic N) is 1. The van der Waals surface area contributed by atoms with E-state index in [2.05, 4.69) is 42.3 Å². The number of para-hydroxylation sites is 2. The standard InChI is InChI=1S/C20H26N2O/c1-15(2)18-12-8-9-16(3)20(18)21-19(23)13-14-22(4)17-10-6-5-7-11-17/h5-12,15H,13-14H2,1-4H3,(H,21,23). The van der Waals surface area contributed by atoms with Crippen molar-refractivity contribution >= 4 is 17.3 Å². The third-order valence-electron chi connectivity index (χ3n) is 4.06. The molecule has 0 aliphatic carbocycles. The van der Waals surface area contributed by atoms with Gasteiger partial charge < -0.3 is 10.2 Å². The molecule has 1 amide bonds. The fraction of sp³-hybridized carbons (Fsp3) is 0.350. The molecule has 0 saturated heterocycles. The number of nitrogens with one attached hydrogen (secondary N) is 1. The molecule has 3 nitrogen and oxygen atoms in total. The summed E-state index contributed by atoms with van der Waals surface area (Å²) in [6.07, 6.45) is 0.470. The van der Waals surface area contributed by atoms with Gasteiger partial charge in [-0.2, -0.15) is 0 Å². The zero-order valence-corrected chi connectivity index (χ0v) is 14.5. The Morgan fingerprint density at radius 3 is 2.43 bits per heavy atom. The minimum atomic E-state index is 0.0592. The zero-order chi connectivity index (χ0) is 16.8. The molecule has 2 rings (SSSR count). The number of carbonyl (C=O) groups excluding carboxylic acids is 1. The third kappa shape index (κ3) is 4.59. The van der Waals surface area contributed by atoms with Gasteiger partial charge in [0, 0.05) is 31.4 Å². The summed E-state index contributed by atoms with van der Waals surface area (Å²) in [5.41, 5.74) is 4.39. The van der Waals surface area contributed by atoms with Gasteiger partial charge in [0.1, 0.15) is 0 Å². The maximum absolute atomic E-state index is 12.3. The van der Waals surface area contributed by atoms with Crippen LogP contribution in [0.1, 0.15) is 37.3 Å². The van der Waals surface area contributed by atoms with E-state index in [1.807, 2.05) is 44.3 Å². The Morgan fingerprint density at radius 2 is 1.78 bits per heavy atom. The molecule has 0 aliphatic rings. The molecule has 0 aliphatic heterocycles. The monoisotopic (exact) mass is 310 g/mol. The van der Waals surface area contributed by atoms with Crippen molar-refractivity contribution in [2.75, 3.05) is 23.8 Å². The highest BCUT2D eigenvalue weighted by Crippen LogP contribution is 2.27. The van der Waals surface area contributed by atoms with E-state index in [4.69, 9.17) is 0 Å². The number of amides is 1. The molecule has 23 heavy (non-hydrogen) atoms. The van der Waals surface area contributed by atoms with E-state index in [9.17, 15) is 4.79 Å². The smallest absolute Gasteiger partial charge is 0.226 e. The summed E-state index contributed by atoms with van der Waals surface area (Å²) in [5.74, 6) is 0.446. The first-order chi connectivity index (χ1) is 11.0. The van der Waals surface area contributed by atoms with Gasteiger partial charge in [-0.15, -0.1) is 0 Å². The summed E-state index contributed by atoms with van der Waals surface area (Å²) in [7, 11) is 2.01. The van der Waals surface area contributed by atoms with Crippen LogP contribution in [-0.2, 0) is 4.79 Å². The largest absolute Gasteiger partial charge is 0.374 e. The summed E-state index contributed by atoms with van der Waals surface area (Å²) < 4.78 is 0. The van der Waals surface area contributed by atoms with Gasteiger partial charge in [0.25, 0.3) is 0 Å². The Labute approximate surface area is 139 Å². The van der Waals surface area contributed by atoms with Gasteiger partial charge in [-0.05, 0) is 36.1 Å². The van der Waals surface area contributed by atoms with Gasteiger partial charge in [0.15, 0.2) is 0 Å². The lowest BCUT2D eigenvalue weighted by Gasteiger charge is -2.20. The second-order valence-electron chi connectivity index (χ2n) is 6.25. The Kier molecular flexibility index (Phi) is 5.80. The van der Waals surface area contributed by atoms with Crippen LogP contribution in [0.2, 0.25) is 0 Å². The molecule has 0 atom stereocenters. The second kappa shape index (κ2) is 7.82. The van der Waals surface area contributed by atoms with Gasteiger partial charge in [0.05, 0.1) is 0 Å². The number of hydrogen-bond donors (Lipinski definition) is 1. The average molecular weight is 310 g/mol. The Balaban J connectivity index is 1.98. The van der Waals surface area contributed by atoms with Crippen LogP contribution in [0, 0.1) is 6.92 Å². The van der Waals surface area contributed by atoms with Gasteiger partial charge in [-0.3, -0.25) is 4.79 Å². The number of anilines is 2.